The Morgan fingerprint density at radius 3 is 1.76 bits per heavy atom. The second kappa shape index (κ2) is 17.3. The van der Waals surface area contributed by atoms with Gasteiger partial charge in [0.25, 0.3) is 0 Å². The molecular formula is C36H46O6. The zero-order valence-electron chi connectivity index (χ0n) is 25.8. The Kier molecular flexibility index (Phi) is 13.6. The molecule has 6 nitrogen and oxygen atoms in total. The fourth-order valence-electron chi connectivity index (χ4n) is 4.73. The van der Waals surface area contributed by atoms with Crippen LogP contribution in [-0.2, 0) is 9.47 Å². The van der Waals surface area contributed by atoms with E-state index in [4.69, 9.17) is 18.9 Å². The predicted molar refractivity (Wildman–Crippen MR) is 167 cm³/mol. The van der Waals surface area contributed by atoms with Gasteiger partial charge in [0, 0.05) is 6.42 Å². The molecule has 0 heterocycles. The van der Waals surface area contributed by atoms with Crippen LogP contribution in [0.25, 0.3) is 11.1 Å². The summed E-state index contributed by atoms with van der Waals surface area (Å²) < 4.78 is 22.6. The van der Waals surface area contributed by atoms with Gasteiger partial charge in [-0.15, -0.1) is 0 Å². The minimum atomic E-state index is -0.469. The van der Waals surface area contributed by atoms with Crippen LogP contribution in [0.5, 0.6) is 11.5 Å². The van der Waals surface area contributed by atoms with Gasteiger partial charge in [0.1, 0.15) is 17.6 Å². The SMILES string of the molecule is CCCCCCCCOc1ccc(-c2ccc(C(=O)Oc3ccc(C(=O)OC(C)CC(C)OC(C)C)cc3)cc2)cc1. The lowest BCUT2D eigenvalue weighted by atomic mass is 10.0. The lowest BCUT2D eigenvalue weighted by Gasteiger charge is -2.20. The first-order chi connectivity index (χ1) is 20.2. The molecular weight excluding hydrogens is 528 g/mol. The molecule has 0 saturated heterocycles. The van der Waals surface area contributed by atoms with Gasteiger partial charge in [-0.25, -0.2) is 9.59 Å². The number of hydrogen-bond acceptors (Lipinski definition) is 6. The summed E-state index contributed by atoms with van der Waals surface area (Å²) in [6.07, 6.45) is 7.88. The highest BCUT2D eigenvalue weighted by molar-refractivity contribution is 5.92. The smallest absolute Gasteiger partial charge is 0.343 e. The van der Waals surface area contributed by atoms with E-state index in [0.717, 1.165) is 29.9 Å². The number of ether oxygens (including phenoxy) is 4. The summed E-state index contributed by atoms with van der Waals surface area (Å²) in [7, 11) is 0. The lowest BCUT2D eigenvalue weighted by Crippen LogP contribution is -2.23. The molecule has 0 saturated carbocycles. The number of carbonyl (C=O) groups is 2. The highest BCUT2D eigenvalue weighted by atomic mass is 16.5. The molecule has 0 aliphatic carbocycles. The Morgan fingerprint density at radius 1 is 0.619 bits per heavy atom. The molecule has 0 spiro atoms. The number of carbonyl (C=O) groups excluding carboxylic acids is 2. The van der Waals surface area contributed by atoms with E-state index < -0.39 is 11.9 Å². The fourth-order valence-corrected chi connectivity index (χ4v) is 4.73. The quantitative estimate of drug-likeness (QED) is 0.0910. The molecule has 0 radical (unpaired) electrons. The average Bonchev–Trinajstić information content (AvgIpc) is 2.97. The number of benzene rings is 3. The second-order valence-corrected chi connectivity index (χ2v) is 11.1. The van der Waals surface area contributed by atoms with Crippen molar-refractivity contribution in [3.63, 3.8) is 0 Å². The minimum absolute atomic E-state index is 0.0108. The van der Waals surface area contributed by atoms with Gasteiger partial charge < -0.3 is 18.9 Å². The van der Waals surface area contributed by atoms with Crippen LogP contribution in [-0.4, -0.2) is 36.9 Å². The Morgan fingerprint density at radius 2 is 1.14 bits per heavy atom. The molecule has 0 amide bonds. The summed E-state index contributed by atoms with van der Waals surface area (Å²) >= 11 is 0. The van der Waals surface area contributed by atoms with E-state index in [2.05, 4.69) is 6.92 Å². The van der Waals surface area contributed by atoms with E-state index in [0.29, 0.717) is 23.3 Å². The van der Waals surface area contributed by atoms with E-state index in [-0.39, 0.29) is 18.3 Å². The average molecular weight is 575 g/mol. The van der Waals surface area contributed by atoms with Gasteiger partial charge in [-0.3, -0.25) is 0 Å². The third-order valence-electron chi connectivity index (χ3n) is 6.85. The van der Waals surface area contributed by atoms with Gasteiger partial charge in [0.15, 0.2) is 0 Å². The maximum absolute atomic E-state index is 12.7. The molecule has 42 heavy (non-hydrogen) atoms. The predicted octanol–water partition coefficient (Wildman–Crippen LogP) is 9.06. The molecule has 3 aromatic rings. The normalized spacial score (nSPS) is 12.5. The van der Waals surface area contributed by atoms with Crippen LogP contribution in [0.15, 0.2) is 72.8 Å². The van der Waals surface area contributed by atoms with Crippen LogP contribution in [0.3, 0.4) is 0 Å². The number of hydrogen-bond donors (Lipinski definition) is 0. The van der Waals surface area contributed by atoms with Crippen molar-refractivity contribution in [3.8, 4) is 22.6 Å². The van der Waals surface area contributed by atoms with Crippen molar-refractivity contribution in [3.05, 3.63) is 83.9 Å². The van der Waals surface area contributed by atoms with Gasteiger partial charge in [0.05, 0.1) is 29.9 Å². The van der Waals surface area contributed by atoms with Crippen LogP contribution < -0.4 is 9.47 Å². The van der Waals surface area contributed by atoms with Crippen LogP contribution in [0.2, 0.25) is 0 Å². The maximum Gasteiger partial charge on any atom is 0.343 e. The van der Waals surface area contributed by atoms with Crippen molar-refractivity contribution in [1.82, 2.24) is 0 Å². The molecule has 3 rings (SSSR count). The Hall–Kier alpha value is -3.64. The van der Waals surface area contributed by atoms with Crippen molar-refractivity contribution in [1.29, 1.82) is 0 Å². The summed E-state index contributed by atoms with van der Waals surface area (Å²) in [6, 6.07) is 21.7. The van der Waals surface area contributed by atoms with E-state index in [9.17, 15) is 9.59 Å². The molecule has 0 aliphatic rings. The number of rotatable bonds is 17. The summed E-state index contributed by atoms with van der Waals surface area (Å²) in [5.41, 5.74) is 2.87. The zero-order chi connectivity index (χ0) is 30.3. The largest absolute Gasteiger partial charge is 0.494 e. The minimum Gasteiger partial charge on any atom is -0.494 e. The van der Waals surface area contributed by atoms with Gasteiger partial charge in [-0.05, 0) is 93.8 Å². The Labute approximate surface area is 251 Å². The molecule has 0 fully saturated rings. The first kappa shape index (κ1) is 32.9. The molecule has 0 N–H and O–H groups in total. The van der Waals surface area contributed by atoms with Crippen LogP contribution >= 0.6 is 0 Å². The van der Waals surface area contributed by atoms with Gasteiger partial charge in [-0.2, -0.15) is 0 Å². The standard InChI is InChI=1S/C36H46O6/c1-6-7-8-9-10-11-24-39-33-20-16-30(17-21-33)29-12-14-31(15-13-29)36(38)42-34-22-18-32(19-23-34)35(37)41-28(5)25-27(4)40-26(2)3/h12-23,26-28H,6-11,24-25H2,1-5H3. The summed E-state index contributed by atoms with van der Waals surface area (Å²) in [4.78, 5) is 25.2. The van der Waals surface area contributed by atoms with Crippen molar-refractivity contribution in [2.24, 2.45) is 0 Å². The molecule has 2 unspecified atom stereocenters. The number of unbranched alkanes of at least 4 members (excludes halogenated alkanes) is 5. The molecule has 3 aromatic carbocycles. The first-order valence-corrected chi connectivity index (χ1v) is 15.3. The number of esters is 2. The molecule has 0 bridgehead atoms. The van der Waals surface area contributed by atoms with Gasteiger partial charge in [0.2, 0.25) is 0 Å². The van der Waals surface area contributed by atoms with Crippen molar-refractivity contribution in [2.75, 3.05) is 6.61 Å². The maximum atomic E-state index is 12.7. The molecule has 6 heteroatoms. The first-order valence-electron chi connectivity index (χ1n) is 15.3. The van der Waals surface area contributed by atoms with E-state index >= 15 is 0 Å². The Balaban J connectivity index is 1.46. The fraction of sp³-hybridized carbons (Fsp3) is 0.444. The van der Waals surface area contributed by atoms with Crippen LogP contribution in [0.1, 0.15) is 100 Å². The van der Waals surface area contributed by atoms with Gasteiger partial charge >= 0.3 is 11.9 Å². The molecule has 0 aliphatic heterocycles. The van der Waals surface area contributed by atoms with Crippen molar-refractivity contribution in [2.45, 2.75) is 97.9 Å². The van der Waals surface area contributed by atoms with Crippen molar-refractivity contribution < 1.29 is 28.5 Å². The van der Waals surface area contributed by atoms with E-state index in [1.54, 1.807) is 36.4 Å². The summed E-state index contributed by atoms with van der Waals surface area (Å²) in [6.45, 7) is 10.7. The topological polar surface area (TPSA) is 71.1 Å². The summed E-state index contributed by atoms with van der Waals surface area (Å²) in [5, 5.41) is 0. The summed E-state index contributed by atoms with van der Waals surface area (Å²) in [5.74, 6) is 0.324. The Bertz CT molecular complexity index is 1220. The van der Waals surface area contributed by atoms with E-state index in [1.165, 1.54) is 32.1 Å². The highest BCUT2D eigenvalue weighted by Gasteiger charge is 2.17. The molecule has 2 atom stereocenters. The van der Waals surface area contributed by atoms with Crippen molar-refractivity contribution >= 4 is 11.9 Å². The zero-order valence-corrected chi connectivity index (χ0v) is 25.8. The van der Waals surface area contributed by atoms with Crippen LogP contribution in [0, 0.1) is 0 Å². The van der Waals surface area contributed by atoms with Crippen LogP contribution in [0.4, 0.5) is 0 Å². The highest BCUT2D eigenvalue weighted by Crippen LogP contribution is 2.24. The van der Waals surface area contributed by atoms with Gasteiger partial charge in [-0.1, -0.05) is 63.3 Å². The third-order valence-corrected chi connectivity index (χ3v) is 6.85. The molecule has 0 aromatic heterocycles. The lowest BCUT2D eigenvalue weighted by molar-refractivity contribution is -0.0177. The van der Waals surface area contributed by atoms with E-state index in [1.807, 2.05) is 64.1 Å². The third kappa shape index (κ3) is 11.3. The second-order valence-electron chi connectivity index (χ2n) is 11.1. The molecule has 226 valence electrons. The monoisotopic (exact) mass is 574 g/mol.